The number of halogens is 4. The second kappa shape index (κ2) is 9.09. The van der Waals surface area contributed by atoms with Gasteiger partial charge in [-0.25, -0.2) is 8.78 Å². The molecule has 0 aliphatic carbocycles. The van der Waals surface area contributed by atoms with Crippen molar-refractivity contribution in [2.24, 2.45) is 0 Å². The molecule has 7 heteroatoms. The summed E-state index contributed by atoms with van der Waals surface area (Å²) in [6.45, 7) is 4.44. The summed E-state index contributed by atoms with van der Waals surface area (Å²) in [5, 5.41) is 9.89. The second-order valence-corrected chi connectivity index (χ2v) is 7.70. The Balaban J connectivity index is 2.35. The summed E-state index contributed by atoms with van der Waals surface area (Å²) in [7, 11) is 3.75. The predicted octanol–water partition coefficient (Wildman–Crippen LogP) is 5.63. The molecule has 0 heterocycles. The van der Waals surface area contributed by atoms with Gasteiger partial charge in [-0.3, -0.25) is 0 Å². The van der Waals surface area contributed by atoms with Crippen molar-refractivity contribution in [1.82, 2.24) is 4.90 Å². The van der Waals surface area contributed by atoms with E-state index in [0.29, 0.717) is 6.54 Å². The van der Waals surface area contributed by atoms with Gasteiger partial charge in [0.2, 0.25) is 0 Å². The average molecular weight is 418 g/mol. The summed E-state index contributed by atoms with van der Waals surface area (Å²) in [5.41, 5.74) is 0.764. The van der Waals surface area contributed by atoms with Gasteiger partial charge in [0.15, 0.2) is 11.6 Å². The number of nitrogens with zero attached hydrogens (tertiary/aromatic N) is 1. The number of rotatable bonds is 7. The number of likely N-dealkylation sites (N-methyl/N-ethyl adjacent to an activating group) is 1. The third-order valence-electron chi connectivity index (χ3n) is 4.20. The number of hydrogen-bond acceptors (Lipinski definition) is 3. The minimum absolute atomic E-state index is 0.00159. The lowest BCUT2D eigenvalue weighted by Gasteiger charge is -2.16. The van der Waals surface area contributed by atoms with Crippen LogP contribution < -0.4 is 4.74 Å². The number of ether oxygens (including phenoxy) is 1. The molecule has 0 aromatic heterocycles. The first kappa shape index (κ1) is 21.7. The van der Waals surface area contributed by atoms with Crippen LogP contribution in [0, 0.1) is 11.6 Å². The molecule has 0 aliphatic rings. The van der Waals surface area contributed by atoms with E-state index in [1.165, 1.54) is 18.2 Å². The topological polar surface area (TPSA) is 32.7 Å². The first-order valence-corrected chi connectivity index (χ1v) is 9.33. The molecule has 0 fully saturated rings. The fourth-order valence-electron chi connectivity index (χ4n) is 2.72. The van der Waals surface area contributed by atoms with Crippen molar-refractivity contribution in [3.05, 3.63) is 56.6 Å². The van der Waals surface area contributed by atoms with E-state index in [1.807, 2.05) is 19.0 Å². The van der Waals surface area contributed by atoms with Crippen molar-refractivity contribution >= 4 is 23.2 Å². The van der Waals surface area contributed by atoms with E-state index < -0.39 is 11.6 Å². The minimum Gasteiger partial charge on any atom is -0.508 e. The van der Waals surface area contributed by atoms with Gasteiger partial charge < -0.3 is 14.7 Å². The molecular weight excluding hydrogens is 395 g/mol. The molecule has 0 bridgehead atoms. The lowest BCUT2D eigenvalue weighted by atomic mass is 9.95. The maximum absolute atomic E-state index is 14.8. The van der Waals surface area contributed by atoms with Gasteiger partial charge in [-0.2, -0.15) is 0 Å². The van der Waals surface area contributed by atoms with Crippen molar-refractivity contribution in [3.8, 4) is 11.5 Å². The number of phenols is 1. The van der Waals surface area contributed by atoms with E-state index in [0.717, 1.165) is 0 Å². The summed E-state index contributed by atoms with van der Waals surface area (Å²) in [5.74, 6) is -1.62. The van der Waals surface area contributed by atoms with E-state index in [2.05, 4.69) is 0 Å². The molecule has 0 spiro atoms. The van der Waals surface area contributed by atoms with Gasteiger partial charge in [0.25, 0.3) is 0 Å². The Kier molecular flexibility index (Phi) is 7.32. The Bertz CT molecular complexity index is 826. The highest BCUT2D eigenvalue weighted by Crippen LogP contribution is 2.37. The maximum atomic E-state index is 14.8. The number of aromatic hydroxyl groups is 1. The molecular formula is C20H23Cl2F2NO2. The van der Waals surface area contributed by atoms with Crippen LogP contribution >= 0.6 is 23.2 Å². The molecule has 0 unspecified atom stereocenters. The van der Waals surface area contributed by atoms with Crippen LogP contribution in [0.2, 0.25) is 10.0 Å². The normalized spacial score (nSPS) is 11.5. The average Bonchev–Trinajstić information content (AvgIpc) is 2.57. The van der Waals surface area contributed by atoms with Gasteiger partial charge in [0.1, 0.15) is 18.2 Å². The lowest BCUT2D eigenvalue weighted by molar-refractivity contribution is 0.252. The third-order valence-corrected chi connectivity index (χ3v) is 4.93. The quantitative estimate of drug-likeness (QED) is 0.592. The highest BCUT2D eigenvalue weighted by Gasteiger charge is 2.21. The summed E-state index contributed by atoms with van der Waals surface area (Å²) in [4.78, 5) is 1.90. The van der Waals surface area contributed by atoms with Crippen LogP contribution in [0.25, 0.3) is 0 Å². The Morgan fingerprint density at radius 2 is 1.81 bits per heavy atom. The molecule has 3 nitrogen and oxygen atoms in total. The van der Waals surface area contributed by atoms with Crippen molar-refractivity contribution in [1.29, 1.82) is 0 Å². The highest BCUT2D eigenvalue weighted by molar-refractivity contribution is 6.36. The van der Waals surface area contributed by atoms with Gasteiger partial charge in [-0.15, -0.1) is 0 Å². The second-order valence-electron chi connectivity index (χ2n) is 6.92. The predicted molar refractivity (Wildman–Crippen MR) is 105 cm³/mol. The van der Waals surface area contributed by atoms with E-state index in [4.69, 9.17) is 27.9 Å². The maximum Gasteiger partial charge on any atom is 0.184 e. The van der Waals surface area contributed by atoms with E-state index in [1.54, 1.807) is 13.8 Å². The highest BCUT2D eigenvalue weighted by atomic mass is 35.5. The molecule has 2 aromatic rings. The molecule has 27 heavy (non-hydrogen) atoms. The molecule has 0 atom stereocenters. The van der Waals surface area contributed by atoms with E-state index in [-0.39, 0.29) is 57.2 Å². The summed E-state index contributed by atoms with van der Waals surface area (Å²) in [6, 6.07) is 4.22. The smallest absolute Gasteiger partial charge is 0.184 e. The Labute approximate surface area is 168 Å². The first-order valence-electron chi connectivity index (χ1n) is 8.57. The zero-order chi connectivity index (χ0) is 20.3. The number of hydrogen-bond donors (Lipinski definition) is 1. The van der Waals surface area contributed by atoms with Crippen molar-refractivity contribution < 1.29 is 18.6 Å². The van der Waals surface area contributed by atoms with E-state index >= 15 is 0 Å². The standard InChI is InChI=1S/C20H23Cl2F2NO2/c1-11(2)17-15(26)6-5-12(19(17)23)9-13-14(21)10-16(20(24)18(13)22)27-8-7-25(3)4/h5-6,10-11,26H,7-9H2,1-4H3. The van der Waals surface area contributed by atoms with Crippen LogP contribution in [0.4, 0.5) is 8.78 Å². The molecule has 1 N–H and O–H groups in total. The van der Waals surface area contributed by atoms with Crippen LogP contribution in [-0.4, -0.2) is 37.3 Å². The van der Waals surface area contributed by atoms with Crippen molar-refractivity contribution in [2.75, 3.05) is 27.2 Å². The van der Waals surface area contributed by atoms with Gasteiger partial charge >= 0.3 is 0 Å². The van der Waals surface area contributed by atoms with Crippen LogP contribution in [0.3, 0.4) is 0 Å². The zero-order valence-electron chi connectivity index (χ0n) is 15.7. The SMILES string of the molecule is CC(C)c1c(O)ccc(Cc2c(Cl)cc(OCCN(C)C)c(F)c2Cl)c1F. The summed E-state index contributed by atoms with van der Waals surface area (Å²) < 4.78 is 34.8. The molecule has 0 saturated carbocycles. The molecule has 2 aromatic carbocycles. The Morgan fingerprint density at radius 3 is 2.41 bits per heavy atom. The molecule has 0 radical (unpaired) electrons. The largest absolute Gasteiger partial charge is 0.508 e. The van der Waals surface area contributed by atoms with Gasteiger partial charge in [-0.05, 0) is 37.2 Å². The van der Waals surface area contributed by atoms with Gasteiger partial charge in [0.05, 0.1) is 5.02 Å². The fraction of sp³-hybridized carbons (Fsp3) is 0.400. The number of phenolic OH excluding ortho intramolecular Hbond substituents is 1. The summed E-state index contributed by atoms with van der Waals surface area (Å²) in [6.07, 6.45) is -0.00159. The fourth-order valence-corrected chi connectivity index (χ4v) is 3.29. The molecule has 0 saturated heterocycles. The lowest BCUT2D eigenvalue weighted by Crippen LogP contribution is -2.19. The van der Waals surface area contributed by atoms with Crippen molar-refractivity contribution in [2.45, 2.75) is 26.2 Å². The van der Waals surface area contributed by atoms with Gasteiger partial charge in [0, 0.05) is 29.6 Å². The zero-order valence-corrected chi connectivity index (χ0v) is 17.3. The van der Waals surface area contributed by atoms with Crippen LogP contribution in [-0.2, 0) is 6.42 Å². The molecule has 2 rings (SSSR count). The van der Waals surface area contributed by atoms with Gasteiger partial charge in [-0.1, -0.05) is 43.1 Å². The third kappa shape index (κ3) is 5.03. The van der Waals surface area contributed by atoms with E-state index in [9.17, 15) is 13.9 Å². The summed E-state index contributed by atoms with van der Waals surface area (Å²) >= 11 is 12.4. The first-order chi connectivity index (χ1) is 12.6. The van der Waals surface area contributed by atoms with Crippen LogP contribution in [0.15, 0.2) is 18.2 Å². The molecule has 0 amide bonds. The molecule has 0 aliphatic heterocycles. The van der Waals surface area contributed by atoms with Crippen LogP contribution in [0.5, 0.6) is 11.5 Å². The monoisotopic (exact) mass is 417 g/mol. The Morgan fingerprint density at radius 1 is 1.15 bits per heavy atom. The Hall–Kier alpha value is -1.56. The van der Waals surface area contributed by atoms with Crippen LogP contribution in [0.1, 0.15) is 36.5 Å². The minimum atomic E-state index is -0.724. The molecule has 148 valence electrons. The van der Waals surface area contributed by atoms with Crippen molar-refractivity contribution in [3.63, 3.8) is 0 Å². The number of benzene rings is 2.